The van der Waals surface area contributed by atoms with E-state index in [4.69, 9.17) is 0 Å². The van der Waals surface area contributed by atoms with E-state index in [2.05, 4.69) is 12.2 Å². The number of hydrogen-bond donors (Lipinski definition) is 1. The Labute approximate surface area is 116 Å². The van der Waals surface area contributed by atoms with E-state index in [-0.39, 0.29) is 11.9 Å². The lowest BCUT2D eigenvalue weighted by Gasteiger charge is -2.27. The summed E-state index contributed by atoms with van der Waals surface area (Å²) >= 11 is 0. The van der Waals surface area contributed by atoms with E-state index in [0.717, 1.165) is 30.9 Å². The van der Waals surface area contributed by atoms with E-state index in [9.17, 15) is 4.39 Å². The van der Waals surface area contributed by atoms with Gasteiger partial charge in [0.25, 0.3) is 0 Å². The van der Waals surface area contributed by atoms with E-state index in [1.54, 1.807) is 12.1 Å². The highest BCUT2D eigenvalue weighted by molar-refractivity contribution is 5.21. The zero-order valence-corrected chi connectivity index (χ0v) is 12.0. The lowest BCUT2D eigenvalue weighted by Crippen LogP contribution is -2.26. The van der Waals surface area contributed by atoms with E-state index in [1.165, 1.54) is 32.1 Å². The molecule has 0 aliphatic heterocycles. The molecule has 0 bridgehead atoms. The number of rotatable bonds is 6. The van der Waals surface area contributed by atoms with Crippen molar-refractivity contribution in [1.29, 1.82) is 0 Å². The smallest absolute Gasteiger partial charge is 0.127 e. The maximum absolute atomic E-state index is 14.0. The van der Waals surface area contributed by atoms with Gasteiger partial charge in [-0.2, -0.15) is 0 Å². The molecular formula is C17H26FN. The third-order valence-corrected chi connectivity index (χ3v) is 4.22. The molecule has 1 fully saturated rings. The molecule has 2 heteroatoms. The lowest BCUT2D eigenvalue weighted by molar-refractivity contribution is 0.297. The summed E-state index contributed by atoms with van der Waals surface area (Å²) < 4.78 is 14.0. The molecular weight excluding hydrogens is 237 g/mol. The van der Waals surface area contributed by atoms with Crippen LogP contribution in [0.4, 0.5) is 4.39 Å². The summed E-state index contributed by atoms with van der Waals surface area (Å²) in [7, 11) is 0. The molecule has 0 amide bonds. The molecule has 1 aromatic rings. The molecule has 1 atom stereocenters. The highest BCUT2D eigenvalue weighted by Crippen LogP contribution is 2.32. The van der Waals surface area contributed by atoms with Crippen molar-refractivity contribution >= 4 is 0 Å². The second-order valence-electron chi connectivity index (χ2n) is 5.77. The molecule has 1 aliphatic carbocycles. The standard InChI is InChI=1S/C17H26FN/c1-2-12-19-17(13-14-8-4-3-5-9-14)15-10-6-7-11-16(15)18/h6-7,10-11,14,17,19H,2-5,8-9,12-13H2,1H3. The van der Waals surface area contributed by atoms with E-state index in [0.29, 0.717) is 0 Å². The van der Waals surface area contributed by atoms with Gasteiger partial charge >= 0.3 is 0 Å². The van der Waals surface area contributed by atoms with Crippen LogP contribution in [0.2, 0.25) is 0 Å². The monoisotopic (exact) mass is 263 g/mol. The number of hydrogen-bond acceptors (Lipinski definition) is 1. The molecule has 0 heterocycles. The predicted molar refractivity (Wildman–Crippen MR) is 78.6 cm³/mol. The van der Waals surface area contributed by atoms with Crippen molar-refractivity contribution in [2.75, 3.05) is 6.54 Å². The topological polar surface area (TPSA) is 12.0 Å². The van der Waals surface area contributed by atoms with Crippen LogP contribution in [0, 0.1) is 11.7 Å². The minimum Gasteiger partial charge on any atom is -0.310 e. The fraction of sp³-hybridized carbons (Fsp3) is 0.647. The molecule has 1 aromatic carbocycles. The molecule has 106 valence electrons. The van der Waals surface area contributed by atoms with Crippen LogP contribution in [-0.2, 0) is 0 Å². The summed E-state index contributed by atoms with van der Waals surface area (Å²) in [4.78, 5) is 0. The Morgan fingerprint density at radius 2 is 1.95 bits per heavy atom. The summed E-state index contributed by atoms with van der Waals surface area (Å²) in [6.45, 7) is 3.12. The molecule has 0 saturated heterocycles. The van der Waals surface area contributed by atoms with Crippen LogP contribution in [0.15, 0.2) is 24.3 Å². The lowest BCUT2D eigenvalue weighted by atomic mass is 9.83. The molecule has 1 aliphatic rings. The first kappa shape index (κ1) is 14.5. The SMILES string of the molecule is CCCNC(CC1CCCCC1)c1ccccc1F. The molecule has 0 aromatic heterocycles. The van der Waals surface area contributed by atoms with Crippen LogP contribution in [-0.4, -0.2) is 6.54 Å². The Bertz CT molecular complexity index is 371. The molecule has 19 heavy (non-hydrogen) atoms. The maximum Gasteiger partial charge on any atom is 0.127 e. The third-order valence-electron chi connectivity index (χ3n) is 4.22. The fourth-order valence-corrected chi connectivity index (χ4v) is 3.15. The van der Waals surface area contributed by atoms with Gasteiger partial charge in [0.15, 0.2) is 0 Å². The molecule has 1 nitrogen and oxygen atoms in total. The second kappa shape index (κ2) is 7.64. The highest BCUT2D eigenvalue weighted by atomic mass is 19.1. The summed E-state index contributed by atoms with van der Waals surface area (Å²) in [5, 5.41) is 3.53. The fourth-order valence-electron chi connectivity index (χ4n) is 3.15. The Morgan fingerprint density at radius 1 is 1.21 bits per heavy atom. The van der Waals surface area contributed by atoms with Gasteiger partial charge in [0.05, 0.1) is 0 Å². The molecule has 1 saturated carbocycles. The minimum absolute atomic E-state index is 0.0630. The van der Waals surface area contributed by atoms with Crippen molar-refractivity contribution < 1.29 is 4.39 Å². The largest absolute Gasteiger partial charge is 0.310 e. The second-order valence-corrected chi connectivity index (χ2v) is 5.77. The number of nitrogens with one attached hydrogen (secondary N) is 1. The van der Waals surface area contributed by atoms with Gasteiger partial charge in [-0.3, -0.25) is 0 Å². The zero-order chi connectivity index (χ0) is 13.5. The van der Waals surface area contributed by atoms with E-state index in [1.807, 2.05) is 12.1 Å². The summed E-state index contributed by atoms with van der Waals surface area (Å²) in [5.74, 6) is 0.703. The zero-order valence-electron chi connectivity index (χ0n) is 12.0. The van der Waals surface area contributed by atoms with Gasteiger partial charge in [-0.15, -0.1) is 0 Å². The number of benzene rings is 1. The first-order chi connectivity index (χ1) is 9.31. The van der Waals surface area contributed by atoms with Gasteiger partial charge in [-0.25, -0.2) is 4.39 Å². The summed E-state index contributed by atoms with van der Waals surface area (Å²) in [6.07, 6.45) is 8.89. The average molecular weight is 263 g/mol. The van der Waals surface area contributed by atoms with Crippen LogP contribution in [0.1, 0.15) is 63.5 Å². The van der Waals surface area contributed by atoms with Crippen LogP contribution < -0.4 is 5.32 Å². The quantitative estimate of drug-likeness (QED) is 0.774. The van der Waals surface area contributed by atoms with Gasteiger partial charge < -0.3 is 5.32 Å². The Morgan fingerprint density at radius 3 is 2.63 bits per heavy atom. The van der Waals surface area contributed by atoms with Gasteiger partial charge in [0, 0.05) is 11.6 Å². The van der Waals surface area contributed by atoms with Crippen LogP contribution in [0.5, 0.6) is 0 Å². The molecule has 2 rings (SSSR count). The molecule has 0 radical (unpaired) electrons. The van der Waals surface area contributed by atoms with Crippen molar-refractivity contribution in [3.05, 3.63) is 35.6 Å². The van der Waals surface area contributed by atoms with Crippen LogP contribution in [0.3, 0.4) is 0 Å². The highest BCUT2D eigenvalue weighted by Gasteiger charge is 2.21. The van der Waals surface area contributed by atoms with Crippen LogP contribution >= 0.6 is 0 Å². The normalized spacial score (nSPS) is 18.4. The predicted octanol–water partition coefficient (Wildman–Crippen LogP) is 4.84. The molecule has 0 spiro atoms. The Hall–Kier alpha value is -0.890. The summed E-state index contributed by atoms with van der Waals surface area (Å²) in [6, 6.07) is 7.42. The van der Waals surface area contributed by atoms with Crippen molar-refractivity contribution in [2.24, 2.45) is 5.92 Å². The van der Waals surface area contributed by atoms with Crippen molar-refractivity contribution in [3.8, 4) is 0 Å². The van der Waals surface area contributed by atoms with Crippen molar-refractivity contribution in [1.82, 2.24) is 5.32 Å². The molecule has 1 N–H and O–H groups in total. The van der Waals surface area contributed by atoms with Gasteiger partial charge in [-0.05, 0) is 31.4 Å². The van der Waals surface area contributed by atoms with Gasteiger partial charge in [0.2, 0.25) is 0 Å². The Balaban J connectivity index is 2.04. The first-order valence-electron chi connectivity index (χ1n) is 7.79. The molecule has 1 unspecified atom stereocenters. The number of halogens is 1. The maximum atomic E-state index is 14.0. The van der Waals surface area contributed by atoms with Gasteiger partial charge in [0.1, 0.15) is 5.82 Å². The third kappa shape index (κ3) is 4.31. The average Bonchev–Trinajstić information content (AvgIpc) is 2.45. The first-order valence-corrected chi connectivity index (χ1v) is 7.79. The Kier molecular flexibility index (Phi) is 5.84. The summed E-state index contributed by atoms with van der Waals surface area (Å²) in [5.41, 5.74) is 0.849. The van der Waals surface area contributed by atoms with Gasteiger partial charge in [-0.1, -0.05) is 57.2 Å². The van der Waals surface area contributed by atoms with E-state index >= 15 is 0 Å². The van der Waals surface area contributed by atoms with Crippen LogP contribution in [0.25, 0.3) is 0 Å². The van der Waals surface area contributed by atoms with E-state index < -0.39 is 0 Å². The van der Waals surface area contributed by atoms with Crippen molar-refractivity contribution in [2.45, 2.75) is 57.9 Å². The van der Waals surface area contributed by atoms with Crippen molar-refractivity contribution in [3.63, 3.8) is 0 Å². The minimum atomic E-state index is -0.0630.